The zero-order valence-electron chi connectivity index (χ0n) is 6.40. The lowest BCUT2D eigenvalue weighted by Gasteiger charge is -2.07. The van der Waals surface area contributed by atoms with E-state index in [1.165, 1.54) is 3.57 Å². The summed E-state index contributed by atoms with van der Waals surface area (Å²) in [5.74, 6) is 0. The summed E-state index contributed by atoms with van der Waals surface area (Å²) in [6, 6.07) is 7.58. The number of aliphatic hydroxyl groups is 1. The van der Waals surface area contributed by atoms with Crippen LogP contribution >= 0.6 is 35.0 Å². The first-order valence-electron chi connectivity index (χ1n) is 3.36. The van der Waals surface area contributed by atoms with Crippen molar-refractivity contribution in [2.24, 2.45) is 5.73 Å². The van der Waals surface area contributed by atoms with Crippen LogP contribution in [0.4, 0.5) is 0 Å². The standard InChI is InChI=1S/C8H10INO.ClH/c9-7-3-1-6(2-4-7)8(10)5-11;/h1-4,8,11H,5,10H2;1H/t8-;/m1./s1. The van der Waals surface area contributed by atoms with Crippen LogP contribution in [0.3, 0.4) is 0 Å². The van der Waals surface area contributed by atoms with E-state index in [2.05, 4.69) is 22.6 Å². The SMILES string of the molecule is Cl.N[C@H](CO)c1ccc(I)cc1. The zero-order valence-corrected chi connectivity index (χ0v) is 9.38. The maximum atomic E-state index is 8.73. The number of benzene rings is 1. The molecule has 1 atom stereocenters. The largest absolute Gasteiger partial charge is 0.394 e. The molecule has 2 nitrogen and oxygen atoms in total. The predicted molar refractivity (Wildman–Crippen MR) is 60.4 cm³/mol. The number of hydrogen-bond donors (Lipinski definition) is 2. The van der Waals surface area contributed by atoms with Crippen LogP contribution in [0.15, 0.2) is 24.3 Å². The van der Waals surface area contributed by atoms with Gasteiger partial charge in [0.25, 0.3) is 0 Å². The molecule has 0 saturated carbocycles. The summed E-state index contributed by atoms with van der Waals surface area (Å²) in [6.07, 6.45) is 0. The molecule has 0 heterocycles. The molecule has 1 rings (SSSR count). The van der Waals surface area contributed by atoms with Gasteiger partial charge in [0.1, 0.15) is 0 Å². The third-order valence-electron chi connectivity index (χ3n) is 1.49. The van der Waals surface area contributed by atoms with Crippen molar-refractivity contribution in [3.8, 4) is 0 Å². The molecule has 0 saturated heterocycles. The first kappa shape index (κ1) is 12.2. The Morgan fingerprint density at radius 3 is 2.25 bits per heavy atom. The molecule has 0 aromatic heterocycles. The van der Waals surface area contributed by atoms with Crippen LogP contribution in [0.5, 0.6) is 0 Å². The van der Waals surface area contributed by atoms with Crippen LogP contribution in [0.25, 0.3) is 0 Å². The highest BCUT2D eigenvalue weighted by molar-refractivity contribution is 14.1. The van der Waals surface area contributed by atoms with Crippen LogP contribution in [0, 0.1) is 3.57 Å². The van der Waals surface area contributed by atoms with Gasteiger partial charge in [-0.2, -0.15) is 0 Å². The molecule has 4 heteroatoms. The fourth-order valence-corrected chi connectivity index (χ4v) is 1.17. The van der Waals surface area contributed by atoms with Gasteiger partial charge in [0.15, 0.2) is 0 Å². The molecule has 68 valence electrons. The fraction of sp³-hybridized carbons (Fsp3) is 0.250. The Bertz CT molecular complexity index is 227. The Morgan fingerprint density at radius 1 is 1.33 bits per heavy atom. The Labute approximate surface area is 91.7 Å². The van der Waals surface area contributed by atoms with E-state index < -0.39 is 0 Å². The summed E-state index contributed by atoms with van der Waals surface area (Å²) in [5, 5.41) is 8.73. The highest BCUT2D eigenvalue weighted by Crippen LogP contribution is 2.11. The third-order valence-corrected chi connectivity index (χ3v) is 2.21. The molecular formula is C8H11ClINO. The molecule has 0 spiro atoms. The van der Waals surface area contributed by atoms with Gasteiger partial charge in [-0.3, -0.25) is 0 Å². The summed E-state index contributed by atoms with van der Waals surface area (Å²) in [6.45, 7) is 0.000588. The smallest absolute Gasteiger partial charge is 0.0624 e. The average molecular weight is 300 g/mol. The number of rotatable bonds is 2. The van der Waals surface area contributed by atoms with Crippen molar-refractivity contribution in [2.45, 2.75) is 6.04 Å². The van der Waals surface area contributed by atoms with Crippen molar-refractivity contribution in [3.63, 3.8) is 0 Å². The fourth-order valence-electron chi connectivity index (χ4n) is 0.815. The quantitative estimate of drug-likeness (QED) is 0.817. The molecule has 12 heavy (non-hydrogen) atoms. The second-order valence-electron chi connectivity index (χ2n) is 2.34. The van der Waals surface area contributed by atoms with Crippen molar-refractivity contribution >= 4 is 35.0 Å². The van der Waals surface area contributed by atoms with E-state index in [0.29, 0.717) is 0 Å². The van der Waals surface area contributed by atoms with Crippen molar-refractivity contribution in [1.29, 1.82) is 0 Å². The van der Waals surface area contributed by atoms with Crippen LogP contribution in [-0.4, -0.2) is 11.7 Å². The predicted octanol–water partition coefficient (Wildman–Crippen LogP) is 1.71. The Balaban J connectivity index is 0.00000121. The second kappa shape index (κ2) is 5.75. The summed E-state index contributed by atoms with van der Waals surface area (Å²) < 4.78 is 1.18. The second-order valence-corrected chi connectivity index (χ2v) is 3.59. The van der Waals surface area contributed by atoms with E-state index in [4.69, 9.17) is 10.8 Å². The van der Waals surface area contributed by atoms with Crippen molar-refractivity contribution in [2.75, 3.05) is 6.61 Å². The van der Waals surface area contributed by atoms with Crippen LogP contribution in [-0.2, 0) is 0 Å². The van der Waals surface area contributed by atoms with Crippen molar-refractivity contribution in [3.05, 3.63) is 33.4 Å². The van der Waals surface area contributed by atoms with Gasteiger partial charge < -0.3 is 10.8 Å². The molecule has 0 bridgehead atoms. The third kappa shape index (κ3) is 3.26. The number of aliphatic hydroxyl groups excluding tert-OH is 1. The highest BCUT2D eigenvalue weighted by atomic mass is 127. The van der Waals surface area contributed by atoms with E-state index in [9.17, 15) is 0 Å². The van der Waals surface area contributed by atoms with Gasteiger partial charge in [-0.15, -0.1) is 12.4 Å². The summed E-state index contributed by atoms with van der Waals surface area (Å²) in [5.41, 5.74) is 6.57. The number of nitrogens with two attached hydrogens (primary N) is 1. The maximum absolute atomic E-state index is 8.73. The molecule has 1 aromatic rings. The monoisotopic (exact) mass is 299 g/mol. The first-order valence-corrected chi connectivity index (χ1v) is 4.44. The van der Waals surface area contributed by atoms with Gasteiger partial charge in [0.05, 0.1) is 12.6 Å². The molecule has 0 fully saturated rings. The van der Waals surface area contributed by atoms with Gasteiger partial charge in [0, 0.05) is 3.57 Å². The van der Waals surface area contributed by atoms with Gasteiger partial charge >= 0.3 is 0 Å². The summed E-state index contributed by atoms with van der Waals surface area (Å²) >= 11 is 2.23. The van der Waals surface area contributed by atoms with E-state index in [1.807, 2.05) is 24.3 Å². The van der Waals surface area contributed by atoms with Crippen LogP contribution in [0.1, 0.15) is 11.6 Å². The van der Waals surface area contributed by atoms with E-state index in [1.54, 1.807) is 0 Å². The zero-order chi connectivity index (χ0) is 8.27. The van der Waals surface area contributed by atoms with Gasteiger partial charge in [-0.25, -0.2) is 0 Å². The minimum Gasteiger partial charge on any atom is -0.394 e. The maximum Gasteiger partial charge on any atom is 0.0624 e. The Kier molecular flexibility index (Phi) is 5.82. The van der Waals surface area contributed by atoms with Crippen molar-refractivity contribution in [1.82, 2.24) is 0 Å². The Hall–Kier alpha value is 0.160. The molecular weight excluding hydrogens is 288 g/mol. The first-order chi connectivity index (χ1) is 5.24. The van der Waals surface area contributed by atoms with E-state index >= 15 is 0 Å². The Morgan fingerprint density at radius 2 is 1.83 bits per heavy atom. The summed E-state index contributed by atoms with van der Waals surface area (Å²) in [4.78, 5) is 0. The number of hydrogen-bond acceptors (Lipinski definition) is 2. The normalized spacial score (nSPS) is 11.9. The van der Waals surface area contributed by atoms with E-state index in [0.717, 1.165) is 5.56 Å². The van der Waals surface area contributed by atoms with Crippen LogP contribution in [0.2, 0.25) is 0 Å². The molecule has 0 aliphatic heterocycles. The number of halogens is 2. The average Bonchev–Trinajstić information content (AvgIpc) is 2.05. The van der Waals surface area contributed by atoms with E-state index in [-0.39, 0.29) is 25.1 Å². The molecule has 0 radical (unpaired) electrons. The minimum absolute atomic E-state index is 0. The highest BCUT2D eigenvalue weighted by Gasteiger charge is 2.01. The van der Waals surface area contributed by atoms with Crippen LogP contribution < -0.4 is 5.73 Å². The topological polar surface area (TPSA) is 46.2 Å². The van der Waals surface area contributed by atoms with Gasteiger partial charge in [-0.1, -0.05) is 12.1 Å². The molecule has 1 aromatic carbocycles. The lowest BCUT2D eigenvalue weighted by atomic mass is 10.1. The van der Waals surface area contributed by atoms with Crippen molar-refractivity contribution < 1.29 is 5.11 Å². The molecule has 0 amide bonds. The molecule has 0 aliphatic carbocycles. The van der Waals surface area contributed by atoms with Gasteiger partial charge in [0.2, 0.25) is 0 Å². The minimum atomic E-state index is -0.244. The lowest BCUT2D eigenvalue weighted by molar-refractivity contribution is 0.268. The lowest BCUT2D eigenvalue weighted by Crippen LogP contribution is -2.14. The summed E-state index contributed by atoms with van der Waals surface area (Å²) in [7, 11) is 0. The molecule has 3 N–H and O–H groups in total. The molecule has 0 aliphatic rings. The van der Waals surface area contributed by atoms with Gasteiger partial charge in [-0.05, 0) is 40.3 Å². The molecule has 0 unspecified atom stereocenters.